The molecule has 4 heteroatoms. The van der Waals surface area contributed by atoms with Gasteiger partial charge in [-0.2, -0.15) is 0 Å². The molecule has 0 bridgehead atoms. The zero-order valence-electron chi connectivity index (χ0n) is 5.51. The fourth-order valence-corrected chi connectivity index (χ4v) is 0.236. The number of carbonyl (C=O) groups is 2. The predicted octanol–water partition coefficient (Wildman–Crippen LogP) is -1.42. The first-order valence-electron chi connectivity index (χ1n) is 2.31. The fourth-order valence-electron chi connectivity index (χ4n) is 0.236. The molecule has 0 N–H and O–H groups in total. The van der Waals surface area contributed by atoms with Gasteiger partial charge in [-0.15, -0.1) is 0 Å². The van der Waals surface area contributed by atoms with Gasteiger partial charge in [0, 0.05) is 5.92 Å². The van der Waals surface area contributed by atoms with Crippen LogP contribution in [0.15, 0.2) is 0 Å². The molecule has 46 valence electrons. The quantitative estimate of drug-likeness (QED) is 0.363. The summed E-state index contributed by atoms with van der Waals surface area (Å²) in [5.74, 6) is -2.90. The second kappa shape index (κ2) is 5.21. The third-order valence-electron chi connectivity index (χ3n) is 0.726. The van der Waals surface area contributed by atoms with E-state index in [2.05, 4.69) is 0 Å². The molecular formula is C5H7CaO3+. The monoisotopic (exact) mass is 155 g/mol. The Morgan fingerprint density at radius 3 is 1.67 bits per heavy atom. The summed E-state index contributed by atoms with van der Waals surface area (Å²) in [7, 11) is 0. The average molecular weight is 155 g/mol. The van der Waals surface area contributed by atoms with Gasteiger partial charge in [0.15, 0.2) is 5.78 Å². The van der Waals surface area contributed by atoms with Crippen molar-refractivity contribution in [3.05, 3.63) is 0 Å². The molecule has 3 nitrogen and oxygen atoms in total. The van der Waals surface area contributed by atoms with Crippen molar-refractivity contribution >= 4 is 49.5 Å². The zero-order chi connectivity index (χ0) is 6.73. The van der Waals surface area contributed by atoms with E-state index >= 15 is 0 Å². The van der Waals surface area contributed by atoms with E-state index in [1.54, 1.807) is 0 Å². The smallest absolute Gasteiger partial charge is 0.542 e. The van der Waals surface area contributed by atoms with Crippen molar-refractivity contribution < 1.29 is 14.7 Å². The van der Waals surface area contributed by atoms with Gasteiger partial charge in [0.1, 0.15) is 5.97 Å². The first-order valence-corrected chi connectivity index (χ1v) is 2.31. The van der Waals surface area contributed by atoms with Crippen molar-refractivity contribution in [1.82, 2.24) is 0 Å². The van der Waals surface area contributed by atoms with Crippen LogP contribution in [0.5, 0.6) is 0 Å². The molecule has 0 fully saturated rings. The van der Waals surface area contributed by atoms with Gasteiger partial charge in [-0.1, -0.05) is 13.8 Å². The number of hydrogen-bond acceptors (Lipinski definition) is 3. The molecule has 0 unspecified atom stereocenters. The summed E-state index contributed by atoms with van der Waals surface area (Å²) in [5.41, 5.74) is 0. The molecule has 0 aromatic carbocycles. The van der Waals surface area contributed by atoms with Crippen molar-refractivity contribution in [1.29, 1.82) is 0 Å². The van der Waals surface area contributed by atoms with E-state index < -0.39 is 17.7 Å². The molecule has 9 heavy (non-hydrogen) atoms. The van der Waals surface area contributed by atoms with Crippen molar-refractivity contribution in [2.75, 3.05) is 0 Å². The molecule has 0 amide bonds. The molecule has 0 heterocycles. The molecule has 0 aromatic heterocycles. The Morgan fingerprint density at radius 1 is 1.33 bits per heavy atom. The number of hydrogen-bond donors (Lipinski definition) is 0. The number of carboxylic acids is 1. The minimum absolute atomic E-state index is 0. The second-order valence-electron chi connectivity index (χ2n) is 1.81. The minimum Gasteiger partial charge on any atom is -0.542 e. The predicted molar refractivity (Wildman–Crippen MR) is 30.6 cm³/mol. The normalized spacial score (nSPS) is 8.33. The number of aliphatic carboxylic acids is 1. The molecule has 0 saturated heterocycles. The molecule has 0 aromatic rings. The van der Waals surface area contributed by atoms with Gasteiger partial charge >= 0.3 is 37.7 Å². The topological polar surface area (TPSA) is 57.2 Å². The van der Waals surface area contributed by atoms with Gasteiger partial charge in [0.05, 0.1) is 0 Å². The maximum absolute atomic E-state index is 10.2. The SMILES string of the molecule is CC(C)C(=O)C(=O)[O-].[Ca+2]. The molecule has 0 atom stereocenters. The molecule has 0 aliphatic carbocycles. The number of Topliss-reactive ketones (excluding diaryl/α,β-unsaturated/α-hetero) is 1. The molecule has 0 aliphatic rings. The Bertz CT molecular complexity index is 119. The maximum atomic E-state index is 10.2. The number of ketones is 1. The first kappa shape index (κ1) is 12.1. The Kier molecular flexibility index (Phi) is 7.01. The zero-order valence-corrected chi connectivity index (χ0v) is 7.72. The van der Waals surface area contributed by atoms with Crippen LogP contribution in [0.1, 0.15) is 13.8 Å². The Labute approximate surface area is 83.4 Å². The first-order chi connectivity index (χ1) is 3.55. The maximum Gasteiger partial charge on any atom is 2.00 e. The molecule has 0 spiro atoms. The van der Waals surface area contributed by atoms with Crippen LogP contribution in [0.3, 0.4) is 0 Å². The van der Waals surface area contributed by atoms with Gasteiger partial charge in [-0.25, -0.2) is 0 Å². The van der Waals surface area contributed by atoms with Crippen LogP contribution in [-0.2, 0) is 9.59 Å². The number of carboxylic acid groups (broad SMARTS) is 1. The second-order valence-corrected chi connectivity index (χ2v) is 1.81. The van der Waals surface area contributed by atoms with Gasteiger partial charge in [-0.3, -0.25) is 4.79 Å². The van der Waals surface area contributed by atoms with Crippen LogP contribution in [0.2, 0.25) is 0 Å². The Morgan fingerprint density at radius 2 is 1.67 bits per heavy atom. The van der Waals surface area contributed by atoms with E-state index in [0.717, 1.165) is 0 Å². The van der Waals surface area contributed by atoms with Crippen LogP contribution >= 0.6 is 0 Å². The van der Waals surface area contributed by atoms with Crippen LogP contribution in [0.4, 0.5) is 0 Å². The van der Waals surface area contributed by atoms with E-state index in [9.17, 15) is 14.7 Å². The van der Waals surface area contributed by atoms with Crippen LogP contribution in [0, 0.1) is 5.92 Å². The minimum atomic E-state index is -1.60. The van der Waals surface area contributed by atoms with Gasteiger partial charge in [0.25, 0.3) is 0 Å². The number of rotatable bonds is 2. The van der Waals surface area contributed by atoms with E-state index in [-0.39, 0.29) is 37.7 Å². The largest absolute Gasteiger partial charge is 2.00 e. The van der Waals surface area contributed by atoms with Crippen LogP contribution in [-0.4, -0.2) is 49.5 Å². The van der Waals surface area contributed by atoms with Crippen molar-refractivity contribution in [3.63, 3.8) is 0 Å². The van der Waals surface area contributed by atoms with Crippen molar-refractivity contribution in [2.24, 2.45) is 5.92 Å². The van der Waals surface area contributed by atoms with Crippen molar-refractivity contribution in [2.45, 2.75) is 13.8 Å². The molecule has 0 radical (unpaired) electrons. The summed E-state index contributed by atoms with van der Waals surface area (Å²) in [4.78, 5) is 19.9. The van der Waals surface area contributed by atoms with Gasteiger partial charge < -0.3 is 9.90 Å². The summed E-state index contributed by atoms with van der Waals surface area (Å²) >= 11 is 0. The summed E-state index contributed by atoms with van der Waals surface area (Å²) < 4.78 is 0. The average Bonchev–Trinajstić information content (AvgIpc) is 1.64. The van der Waals surface area contributed by atoms with Crippen molar-refractivity contribution in [3.8, 4) is 0 Å². The Hall–Kier alpha value is 0.400. The summed E-state index contributed by atoms with van der Waals surface area (Å²) in [6, 6.07) is 0. The van der Waals surface area contributed by atoms with Gasteiger partial charge in [-0.05, 0) is 0 Å². The van der Waals surface area contributed by atoms with E-state index in [1.165, 1.54) is 13.8 Å². The summed E-state index contributed by atoms with van der Waals surface area (Å²) in [6.45, 7) is 3.02. The fraction of sp³-hybridized carbons (Fsp3) is 0.600. The van der Waals surface area contributed by atoms with Crippen LogP contribution in [0.25, 0.3) is 0 Å². The molecular weight excluding hydrogens is 148 g/mol. The van der Waals surface area contributed by atoms with Crippen LogP contribution < -0.4 is 5.11 Å². The molecule has 0 aliphatic heterocycles. The van der Waals surface area contributed by atoms with Gasteiger partial charge in [0.2, 0.25) is 0 Å². The summed E-state index contributed by atoms with van der Waals surface area (Å²) in [6.07, 6.45) is 0. The van der Waals surface area contributed by atoms with E-state index in [4.69, 9.17) is 0 Å². The third-order valence-corrected chi connectivity index (χ3v) is 0.726. The third kappa shape index (κ3) is 4.88. The molecule has 0 rings (SSSR count). The Balaban J connectivity index is 0. The van der Waals surface area contributed by atoms with E-state index in [0.29, 0.717) is 0 Å². The molecule has 0 saturated carbocycles. The standard InChI is InChI=1S/C5H8O3.Ca/c1-3(2)4(6)5(7)8;/h3H,1-2H3,(H,7,8);/q;+2/p-1. The summed E-state index contributed by atoms with van der Waals surface area (Å²) in [5, 5.41) is 9.68. The number of carbonyl (C=O) groups excluding carboxylic acids is 2. The van der Waals surface area contributed by atoms with E-state index in [1.807, 2.05) is 0 Å².